The van der Waals surface area contributed by atoms with Crippen LogP contribution in [0.15, 0.2) is 0 Å². The van der Waals surface area contributed by atoms with Crippen LogP contribution in [0.1, 0.15) is 73.1 Å². The van der Waals surface area contributed by atoms with Crippen molar-refractivity contribution in [2.45, 2.75) is 91.6 Å². The summed E-state index contributed by atoms with van der Waals surface area (Å²) in [5, 5.41) is 0. The molecular weight excluding hydrogens is 200 g/mol. The van der Waals surface area contributed by atoms with Gasteiger partial charge in [-0.25, -0.2) is 0 Å². The molecule has 0 rings (SSSR count). The predicted octanol–water partition coefficient (Wildman–Crippen LogP) is 4.52. The number of unbranched alkanes of at least 4 members (excludes halogenated alkanes) is 4. The molecule has 0 saturated heterocycles. The summed E-state index contributed by atoms with van der Waals surface area (Å²) in [6.07, 6.45) is 8.01. The normalized spacial score (nSPS) is 12.0. The minimum atomic E-state index is -0.0124. The summed E-state index contributed by atoms with van der Waals surface area (Å²) < 4.78 is 11.5. The molecule has 0 aromatic rings. The summed E-state index contributed by atoms with van der Waals surface area (Å²) in [5.41, 5.74) is 0. The van der Waals surface area contributed by atoms with Gasteiger partial charge in [0.25, 0.3) is 0 Å². The molecule has 0 fully saturated rings. The molecule has 0 unspecified atom stereocenters. The number of hydrogen-bond acceptors (Lipinski definition) is 2. The van der Waals surface area contributed by atoms with E-state index >= 15 is 0 Å². The van der Waals surface area contributed by atoms with Gasteiger partial charge in [0, 0.05) is 0 Å². The fraction of sp³-hybridized carbons (Fsp3) is 1.00. The average Bonchev–Trinajstić information content (AvgIpc) is 2.15. The SMILES string of the molecule is CCCCCCCC(OC(C)C)OC(C)C. The Morgan fingerprint density at radius 3 is 1.69 bits per heavy atom. The van der Waals surface area contributed by atoms with Gasteiger partial charge in [-0.15, -0.1) is 0 Å². The summed E-state index contributed by atoms with van der Waals surface area (Å²) in [6.45, 7) is 10.5. The van der Waals surface area contributed by atoms with Crippen molar-refractivity contribution in [2.75, 3.05) is 0 Å². The summed E-state index contributed by atoms with van der Waals surface area (Å²) in [4.78, 5) is 0. The third-order valence-electron chi connectivity index (χ3n) is 2.39. The molecular formula is C14H30O2. The van der Waals surface area contributed by atoms with Crippen molar-refractivity contribution < 1.29 is 9.47 Å². The maximum absolute atomic E-state index is 5.75. The topological polar surface area (TPSA) is 18.5 Å². The van der Waals surface area contributed by atoms with Crippen LogP contribution < -0.4 is 0 Å². The van der Waals surface area contributed by atoms with E-state index in [-0.39, 0.29) is 18.5 Å². The standard InChI is InChI=1S/C14H30O2/c1-6-7-8-9-10-11-14(15-12(2)3)16-13(4)5/h12-14H,6-11H2,1-5H3. The number of hydrogen-bond donors (Lipinski definition) is 0. The van der Waals surface area contributed by atoms with Crippen molar-refractivity contribution >= 4 is 0 Å². The van der Waals surface area contributed by atoms with Crippen LogP contribution in [0, 0.1) is 0 Å². The second-order valence-electron chi connectivity index (χ2n) is 5.00. The van der Waals surface area contributed by atoms with E-state index < -0.39 is 0 Å². The van der Waals surface area contributed by atoms with E-state index in [9.17, 15) is 0 Å². The zero-order valence-corrected chi connectivity index (χ0v) is 11.8. The number of rotatable bonds is 10. The summed E-state index contributed by atoms with van der Waals surface area (Å²) in [7, 11) is 0. The molecule has 0 N–H and O–H groups in total. The van der Waals surface area contributed by atoms with E-state index in [0.717, 1.165) is 6.42 Å². The molecule has 0 aliphatic rings. The monoisotopic (exact) mass is 230 g/mol. The van der Waals surface area contributed by atoms with Gasteiger partial charge in [-0.1, -0.05) is 32.6 Å². The molecule has 0 aliphatic heterocycles. The Kier molecular flexibility index (Phi) is 10.0. The first kappa shape index (κ1) is 15.9. The lowest BCUT2D eigenvalue weighted by Gasteiger charge is -2.23. The summed E-state index contributed by atoms with van der Waals surface area (Å²) >= 11 is 0. The quantitative estimate of drug-likeness (QED) is 0.406. The van der Waals surface area contributed by atoms with Crippen LogP contribution in [0.4, 0.5) is 0 Å². The highest BCUT2D eigenvalue weighted by molar-refractivity contribution is 4.52. The highest BCUT2D eigenvalue weighted by Gasteiger charge is 2.12. The fourth-order valence-corrected chi connectivity index (χ4v) is 1.69. The maximum atomic E-state index is 5.75. The van der Waals surface area contributed by atoms with E-state index in [1.54, 1.807) is 0 Å². The van der Waals surface area contributed by atoms with Gasteiger partial charge >= 0.3 is 0 Å². The molecule has 0 aliphatic carbocycles. The van der Waals surface area contributed by atoms with Crippen LogP contribution in [0.5, 0.6) is 0 Å². The Balaban J connectivity index is 3.65. The molecule has 0 spiro atoms. The first-order valence-electron chi connectivity index (χ1n) is 6.87. The lowest BCUT2D eigenvalue weighted by atomic mass is 10.1. The van der Waals surface area contributed by atoms with Crippen LogP contribution in [0.25, 0.3) is 0 Å². The van der Waals surface area contributed by atoms with Crippen LogP contribution in [-0.2, 0) is 9.47 Å². The van der Waals surface area contributed by atoms with E-state index in [2.05, 4.69) is 34.6 Å². The van der Waals surface area contributed by atoms with E-state index in [1.807, 2.05) is 0 Å². The zero-order chi connectivity index (χ0) is 12.4. The van der Waals surface area contributed by atoms with Crippen LogP contribution in [0.2, 0.25) is 0 Å². The van der Waals surface area contributed by atoms with Crippen molar-refractivity contribution in [1.82, 2.24) is 0 Å². The highest BCUT2D eigenvalue weighted by Crippen LogP contribution is 2.13. The molecule has 0 aromatic carbocycles. The molecule has 0 aromatic heterocycles. The van der Waals surface area contributed by atoms with Gasteiger partial charge < -0.3 is 9.47 Å². The van der Waals surface area contributed by atoms with E-state index in [1.165, 1.54) is 32.1 Å². The molecule has 2 nitrogen and oxygen atoms in total. The van der Waals surface area contributed by atoms with Crippen molar-refractivity contribution in [3.63, 3.8) is 0 Å². The Morgan fingerprint density at radius 2 is 1.25 bits per heavy atom. The van der Waals surface area contributed by atoms with Gasteiger partial charge in [0.2, 0.25) is 0 Å². The van der Waals surface area contributed by atoms with Crippen LogP contribution >= 0.6 is 0 Å². The second-order valence-corrected chi connectivity index (χ2v) is 5.00. The molecule has 0 saturated carbocycles. The first-order chi connectivity index (χ1) is 7.56. The van der Waals surface area contributed by atoms with Crippen molar-refractivity contribution in [1.29, 1.82) is 0 Å². The molecule has 0 amide bonds. The van der Waals surface area contributed by atoms with Gasteiger partial charge in [0.1, 0.15) is 0 Å². The predicted molar refractivity (Wildman–Crippen MR) is 69.6 cm³/mol. The molecule has 16 heavy (non-hydrogen) atoms. The van der Waals surface area contributed by atoms with Crippen LogP contribution in [-0.4, -0.2) is 18.5 Å². The van der Waals surface area contributed by atoms with Gasteiger partial charge in [-0.2, -0.15) is 0 Å². The largest absolute Gasteiger partial charge is 0.350 e. The minimum Gasteiger partial charge on any atom is -0.350 e. The smallest absolute Gasteiger partial charge is 0.158 e. The summed E-state index contributed by atoms with van der Waals surface area (Å²) in [5.74, 6) is 0. The fourth-order valence-electron chi connectivity index (χ4n) is 1.69. The number of ether oxygens (including phenoxy) is 2. The molecule has 0 heterocycles. The van der Waals surface area contributed by atoms with Gasteiger partial charge in [-0.3, -0.25) is 0 Å². The Hall–Kier alpha value is -0.0800. The first-order valence-corrected chi connectivity index (χ1v) is 6.87. The molecule has 2 heteroatoms. The second kappa shape index (κ2) is 10.1. The third kappa shape index (κ3) is 10.4. The molecule has 0 atom stereocenters. The Labute approximate surface area is 102 Å². The van der Waals surface area contributed by atoms with Crippen molar-refractivity contribution in [3.8, 4) is 0 Å². The average molecular weight is 230 g/mol. The van der Waals surface area contributed by atoms with Crippen molar-refractivity contribution in [2.24, 2.45) is 0 Å². The molecule has 98 valence electrons. The maximum Gasteiger partial charge on any atom is 0.158 e. The Bertz CT molecular complexity index is 134. The van der Waals surface area contributed by atoms with Gasteiger partial charge in [0.05, 0.1) is 12.2 Å². The zero-order valence-electron chi connectivity index (χ0n) is 11.8. The van der Waals surface area contributed by atoms with Crippen LogP contribution in [0.3, 0.4) is 0 Å². The van der Waals surface area contributed by atoms with Gasteiger partial charge in [-0.05, 0) is 40.5 Å². The van der Waals surface area contributed by atoms with E-state index in [4.69, 9.17) is 9.47 Å². The third-order valence-corrected chi connectivity index (χ3v) is 2.39. The highest BCUT2D eigenvalue weighted by atomic mass is 16.7. The Morgan fingerprint density at radius 1 is 0.750 bits per heavy atom. The van der Waals surface area contributed by atoms with Crippen molar-refractivity contribution in [3.05, 3.63) is 0 Å². The minimum absolute atomic E-state index is 0.0124. The lowest BCUT2D eigenvalue weighted by molar-refractivity contribution is -0.184. The molecule has 0 radical (unpaired) electrons. The molecule has 0 bridgehead atoms. The lowest BCUT2D eigenvalue weighted by Crippen LogP contribution is -2.24. The summed E-state index contributed by atoms with van der Waals surface area (Å²) in [6, 6.07) is 0. The van der Waals surface area contributed by atoms with E-state index in [0.29, 0.717) is 0 Å². The van der Waals surface area contributed by atoms with Gasteiger partial charge in [0.15, 0.2) is 6.29 Å².